The van der Waals surface area contributed by atoms with Crippen LogP contribution in [-0.4, -0.2) is 58.7 Å². The van der Waals surface area contributed by atoms with E-state index in [1.807, 2.05) is 0 Å². The predicted molar refractivity (Wildman–Crippen MR) is 77.1 cm³/mol. The van der Waals surface area contributed by atoms with Gasteiger partial charge < -0.3 is 24.4 Å². The predicted octanol–water partition coefficient (Wildman–Crippen LogP) is 0.530. The molecule has 0 aliphatic carbocycles. The lowest BCUT2D eigenvalue weighted by Gasteiger charge is -2.14. The maximum Gasteiger partial charge on any atom is 0.251 e. The molecule has 0 aromatic heterocycles. The lowest BCUT2D eigenvalue weighted by atomic mass is 10.1. The van der Waals surface area contributed by atoms with E-state index in [0.29, 0.717) is 22.8 Å². The van der Waals surface area contributed by atoms with E-state index in [1.54, 1.807) is 14.1 Å². The molecule has 0 heterocycles. The minimum Gasteiger partial charge on any atom is -0.493 e. The van der Waals surface area contributed by atoms with Crippen LogP contribution in [0.25, 0.3) is 0 Å². The van der Waals surface area contributed by atoms with Crippen molar-refractivity contribution in [3.8, 4) is 17.2 Å². The fraction of sp³-hybridized carbons (Fsp3) is 0.429. The second-order valence-corrected chi connectivity index (χ2v) is 4.38. The highest BCUT2D eigenvalue weighted by Gasteiger charge is 2.17. The Bertz CT molecular complexity index is 503. The highest BCUT2D eigenvalue weighted by Crippen LogP contribution is 2.38. The van der Waals surface area contributed by atoms with Gasteiger partial charge in [-0.3, -0.25) is 9.59 Å². The number of carbonyl (C=O) groups excluding carboxylic acids is 2. The molecule has 1 aromatic rings. The molecule has 0 fully saturated rings. The number of benzene rings is 1. The van der Waals surface area contributed by atoms with Gasteiger partial charge in [0, 0.05) is 19.7 Å². The highest BCUT2D eigenvalue weighted by atomic mass is 16.5. The van der Waals surface area contributed by atoms with Crippen LogP contribution in [0.2, 0.25) is 0 Å². The Kier molecular flexibility index (Phi) is 5.83. The monoisotopic (exact) mass is 296 g/mol. The van der Waals surface area contributed by atoms with Crippen LogP contribution in [0.1, 0.15) is 10.4 Å². The molecule has 1 aromatic carbocycles. The molecule has 21 heavy (non-hydrogen) atoms. The number of hydrogen-bond acceptors (Lipinski definition) is 5. The lowest BCUT2D eigenvalue weighted by Crippen LogP contribution is -2.36. The molecule has 0 bridgehead atoms. The van der Waals surface area contributed by atoms with E-state index in [2.05, 4.69) is 5.32 Å². The number of methoxy groups -OCH3 is 3. The van der Waals surface area contributed by atoms with Crippen molar-refractivity contribution in [1.29, 1.82) is 0 Å². The lowest BCUT2D eigenvalue weighted by molar-refractivity contribution is -0.127. The Morgan fingerprint density at radius 1 is 1.05 bits per heavy atom. The van der Waals surface area contributed by atoms with Gasteiger partial charge in [0.25, 0.3) is 5.91 Å². The zero-order valence-corrected chi connectivity index (χ0v) is 12.9. The van der Waals surface area contributed by atoms with Gasteiger partial charge in [-0.1, -0.05) is 0 Å². The standard InChI is InChI=1S/C14H20N2O5/c1-16(2)12(17)8-15-14(18)9-6-10(19-3)13(21-5)11(7-9)20-4/h6-7H,8H2,1-5H3,(H,15,18). The van der Waals surface area contributed by atoms with E-state index in [9.17, 15) is 9.59 Å². The summed E-state index contributed by atoms with van der Waals surface area (Å²) in [6, 6.07) is 3.05. The summed E-state index contributed by atoms with van der Waals surface area (Å²) >= 11 is 0. The molecule has 0 aliphatic rings. The molecule has 116 valence electrons. The number of ether oxygens (including phenoxy) is 3. The molecule has 0 spiro atoms. The van der Waals surface area contributed by atoms with Gasteiger partial charge in [0.2, 0.25) is 11.7 Å². The van der Waals surface area contributed by atoms with Gasteiger partial charge in [-0.2, -0.15) is 0 Å². The summed E-state index contributed by atoms with van der Waals surface area (Å²) in [4.78, 5) is 24.9. The Labute approximate surface area is 123 Å². The summed E-state index contributed by atoms with van der Waals surface area (Å²) in [5.41, 5.74) is 0.316. The van der Waals surface area contributed by atoms with Gasteiger partial charge in [-0.15, -0.1) is 0 Å². The molecular weight excluding hydrogens is 276 g/mol. The summed E-state index contributed by atoms with van der Waals surface area (Å²) in [7, 11) is 7.65. The molecule has 7 nitrogen and oxygen atoms in total. The fourth-order valence-corrected chi connectivity index (χ4v) is 1.63. The van der Waals surface area contributed by atoms with Crippen LogP contribution >= 0.6 is 0 Å². The fourth-order valence-electron chi connectivity index (χ4n) is 1.63. The Morgan fingerprint density at radius 3 is 1.95 bits per heavy atom. The maximum atomic E-state index is 12.1. The average molecular weight is 296 g/mol. The topological polar surface area (TPSA) is 77.1 Å². The van der Waals surface area contributed by atoms with E-state index < -0.39 is 5.91 Å². The molecule has 7 heteroatoms. The first-order valence-electron chi connectivity index (χ1n) is 6.23. The summed E-state index contributed by atoms with van der Waals surface area (Å²) in [6.45, 7) is -0.0809. The smallest absolute Gasteiger partial charge is 0.251 e. The van der Waals surface area contributed by atoms with Gasteiger partial charge in [0.1, 0.15) is 0 Å². The van der Waals surface area contributed by atoms with E-state index in [4.69, 9.17) is 14.2 Å². The highest BCUT2D eigenvalue weighted by molar-refractivity contribution is 5.97. The van der Waals surface area contributed by atoms with Crippen molar-refractivity contribution in [2.75, 3.05) is 42.0 Å². The van der Waals surface area contributed by atoms with E-state index in [0.717, 1.165) is 0 Å². The van der Waals surface area contributed by atoms with Crippen molar-refractivity contribution in [2.24, 2.45) is 0 Å². The molecule has 2 amide bonds. The third kappa shape index (κ3) is 4.01. The minimum absolute atomic E-state index is 0.0809. The van der Waals surface area contributed by atoms with Crippen LogP contribution in [0.3, 0.4) is 0 Å². The van der Waals surface area contributed by atoms with Crippen LogP contribution in [-0.2, 0) is 4.79 Å². The normalized spacial score (nSPS) is 9.76. The molecule has 0 atom stereocenters. The van der Waals surface area contributed by atoms with Crippen LogP contribution < -0.4 is 19.5 Å². The van der Waals surface area contributed by atoms with Crippen LogP contribution in [0.15, 0.2) is 12.1 Å². The number of carbonyl (C=O) groups is 2. The summed E-state index contributed by atoms with van der Waals surface area (Å²) in [5, 5.41) is 2.54. The second-order valence-electron chi connectivity index (χ2n) is 4.38. The Hall–Kier alpha value is -2.44. The SMILES string of the molecule is COc1cc(C(=O)NCC(=O)N(C)C)cc(OC)c1OC. The zero-order chi connectivity index (χ0) is 16.0. The number of amides is 2. The van der Waals surface area contributed by atoms with Crippen molar-refractivity contribution in [3.05, 3.63) is 17.7 Å². The molecule has 0 unspecified atom stereocenters. The molecule has 0 radical (unpaired) electrons. The number of nitrogens with zero attached hydrogens (tertiary/aromatic N) is 1. The Balaban J connectivity index is 2.97. The summed E-state index contributed by atoms with van der Waals surface area (Å²) < 4.78 is 15.5. The largest absolute Gasteiger partial charge is 0.493 e. The average Bonchev–Trinajstić information content (AvgIpc) is 2.50. The van der Waals surface area contributed by atoms with Crippen molar-refractivity contribution in [2.45, 2.75) is 0 Å². The molecule has 1 rings (SSSR count). The van der Waals surface area contributed by atoms with Crippen LogP contribution in [0.5, 0.6) is 17.2 Å². The second kappa shape index (κ2) is 7.37. The number of nitrogens with one attached hydrogen (secondary N) is 1. The third-order valence-corrected chi connectivity index (χ3v) is 2.83. The minimum atomic E-state index is -0.399. The van der Waals surface area contributed by atoms with Gasteiger partial charge in [-0.05, 0) is 12.1 Å². The molecular formula is C14H20N2O5. The van der Waals surface area contributed by atoms with E-state index in [-0.39, 0.29) is 12.5 Å². The van der Waals surface area contributed by atoms with Gasteiger partial charge in [-0.25, -0.2) is 0 Å². The van der Waals surface area contributed by atoms with Crippen molar-refractivity contribution < 1.29 is 23.8 Å². The van der Waals surface area contributed by atoms with Crippen LogP contribution in [0.4, 0.5) is 0 Å². The van der Waals surface area contributed by atoms with Gasteiger partial charge >= 0.3 is 0 Å². The number of hydrogen-bond donors (Lipinski definition) is 1. The van der Waals surface area contributed by atoms with Crippen molar-refractivity contribution >= 4 is 11.8 Å². The van der Waals surface area contributed by atoms with E-state index >= 15 is 0 Å². The van der Waals surface area contributed by atoms with Crippen molar-refractivity contribution in [3.63, 3.8) is 0 Å². The first-order chi connectivity index (χ1) is 9.94. The molecule has 0 saturated heterocycles. The summed E-state index contributed by atoms with van der Waals surface area (Å²) in [5.74, 6) is 0.558. The summed E-state index contributed by atoms with van der Waals surface area (Å²) in [6.07, 6.45) is 0. The van der Waals surface area contributed by atoms with Crippen LogP contribution in [0, 0.1) is 0 Å². The molecule has 0 saturated carbocycles. The molecule has 1 N–H and O–H groups in total. The van der Waals surface area contributed by atoms with Crippen molar-refractivity contribution in [1.82, 2.24) is 10.2 Å². The van der Waals surface area contributed by atoms with E-state index in [1.165, 1.54) is 38.4 Å². The zero-order valence-electron chi connectivity index (χ0n) is 12.9. The quantitative estimate of drug-likeness (QED) is 0.828. The Morgan fingerprint density at radius 2 is 1.57 bits per heavy atom. The van der Waals surface area contributed by atoms with Gasteiger partial charge in [0.15, 0.2) is 11.5 Å². The molecule has 0 aliphatic heterocycles. The van der Waals surface area contributed by atoms with Gasteiger partial charge in [0.05, 0.1) is 27.9 Å². The third-order valence-electron chi connectivity index (χ3n) is 2.83. The first-order valence-corrected chi connectivity index (χ1v) is 6.23. The first kappa shape index (κ1) is 16.6. The maximum absolute atomic E-state index is 12.1. The number of rotatable bonds is 6. The number of likely N-dealkylation sites (N-methyl/N-ethyl adjacent to an activating group) is 1.